The number of rotatable bonds is 3. The fourth-order valence-corrected chi connectivity index (χ4v) is 2.47. The summed E-state index contributed by atoms with van der Waals surface area (Å²) >= 11 is 0. The molecule has 3 rings (SSSR count). The smallest absolute Gasteiger partial charge is 0.446 e. The maximum atomic E-state index is 12.2. The third-order valence-corrected chi connectivity index (χ3v) is 3.48. The molecule has 2 aromatic carbocycles. The van der Waals surface area contributed by atoms with E-state index in [0.717, 1.165) is 12.1 Å². The standard InChI is InChI=1S/C15H10O7S/c16-13-11-7-6-10(22-23(18,19)20)8-12(11)21-15(14(13)17)9-4-2-1-3-5-9/h1-8,17H,(H,18,19,20). The summed E-state index contributed by atoms with van der Waals surface area (Å²) in [5.74, 6) is -0.827. The van der Waals surface area contributed by atoms with Crippen molar-refractivity contribution in [3.8, 4) is 22.8 Å². The molecule has 8 heteroatoms. The summed E-state index contributed by atoms with van der Waals surface area (Å²) in [5.41, 5.74) is -0.179. The first-order chi connectivity index (χ1) is 10.8. The zero-order chi connectivity index (χ0) is 16.6. The van der Waals surface area contributed by atoms with Gasteiger partial charge in [0.2, 0.25) is 11.2 Å². The molecule has 2 N–H and O–H groups in total. The third-order valence-electron chi connectivity index (χ3n) is 3.08. The lowest BCUT2D eigenvalue weighted by molar-refractivity contribution is 0.386. The van der Waals surface area contributed by atoms with E-state index in [9.17, 15) is 18.3 Å². The van der Waals surface area contributed by atoms with E-state index in [1.165, 1.54) is 6.07 Å². The van der Waals surface area contributed by atoms with Crippen LogP contribution >= 0.6 is 0 Å². The minimum atomic E-state index is -4.70. The van der Waals surface area contributed by atoms with Crippen LogP contribution in [0.3, 0.4) is 0 Å². The van der Waals surface area contributed by atoms with E-state index in [1.807, 2.05) is 0 Å². The van der Waals surface area contributed by atoms with Gasteiger partial charge in [0.15, 0.2) is 5.76 Å². The molecule has 0 saturated heterocycles. The van der Waals surface area contributed by atoms with Gasteiger partial charge >= 0.3 is 10.4 Å². The summed E-state index contributed by atoms with van der Waals surface area (Å²) in [6, 6.07) is 12.0. The largest absolute Gasteiger partial charge is 0.502 e. The van der Waals surface area contributed by atoms with Crippen molar-refractivity contribution < 1.29 is 26.7 Å². The van der Waals surface area contributed by atoms with Gasteiger partial charge < -0.3 is 13.7 Å². The molecule has 7 nitrogen and oxygen atoms in total. The van der Waals surface area contributed by atoms with Gasteiger partial charge in [-0.3, -0.25) is 9.35 Å². The highest BCUT2D eigenvalue weighted by molar-refractivity contribution is 7.81. The first-order valence-corrected chi connectivity index (χ1v) is 7.74. The molecule has 0 spiro atoms. The second kappa shape index (κ2) is 5.41. The summed E-state index contributed by atoms with van der Waals surface area (Å²) in [5, 5.41) is 10.1. The molecule has 0 bridgehead atoms. The Bertz CT molecular complexity index is 1040. The monoisotopic (exact) mass is 334 g/mol. The molecule has 23 heavy (non-hydrogen) atoms. The Morgan fingerprint density at radius 3 is 2.39 bits per heavy atom. The van der Waals surface area contributed by atoms with Crippen LogP contribution in [0, 0.1) is 0 Å². The van der Waals surface area contributed by atoms with Crippen molar-refractivity contribution in [2.75, 3.05) is 0 Å². The fourth-order valence-electron chi connectivity index (χ4n) is 2.12. The van der Waals surface area contributed by atoms with Gasteiger partial charge in [0.25, 0.3) is 0 Å². The van der Waals surface area contributed by atoms with Gasteiger partial charge in [0.05, 0.1) is 5.39 Å². The summed E-state index contributed by atoms with van der Waals surface area (Å²) < 4.78 is 40.0. The number of benzene rings is 2. The van der Waals surface area contributed by atoms with Crippen LogP contribution in [0.1, 0.15) is 0 Å². The number of hydrogen-bond acceptors (Lipinski definition) is 6. The summed E-state index contributed by atoms with van der Waals surface area (Å²) in [6.45, 7) is 0. The van der Waals surface area contributed by atoms with Gasteiger partial charge in [-0.2, -0.15) is 8.42 Å². The van der Waals surface area contributed by atoms with Crippen LogP contribution < -0.4 is 9.61 Å². The molecule has 0 aliphatic carbocycles. The number of fused-ring (bicyclic) bond motifs is 1. The van der Waals surface area contributed by atoms with E-state index in [1.54, 1.807) is 30.3 Å². The van der Waals surface area contributed by atoms with Gasteiger partial charge in [-0.15, -0.1) is 0 Å². The van der Waals surface area contributed by atoms with E-state index in [2.05, 4.69) is 4.18 Å². The Morgan fingerprint density at radius 1 is 1.04 bits per heavy atom. The molecule has 0 saturated carbocycles. The fraction of sp³-hybridized carbons (Fsp3) is 0. The Kier molecular flexibility index (Phi) is 3.55. The van der Waals surface area contributed by atoms with Crippen molar-refractivity contribution in [3.63, 3.8) is 0 Å². The zero-order valence-electron chi connectivity index (χ0n) is 11.5. The van der Waals surface area contributed by atoms with E-state index >= 15 is 0 Å². The first-order valence-electron chi connectivity index (χ1n) is 6.37. The number of aromatic hydroxyl groups is 1. The van der Waals surface area contributed by atoms with Gasteiger partial charge in [-0.05, 0) is 12.1 Å². The van der Waals surface area contributed by atoms with Crippen molar-refractivity contribution in [1.82, 2.24) is 0 Å². The van der Waals surface area contributed by atoms with Gasteiger partial charge in [-0.1, -0.05) is 30.3 Å². The van der Waals surface area contributed by atoms with E-state index in [4.69, 9.17) is 8.97 Å². The van der Waals surface area contributed by atoms with Crippen molar-refractivity contribution in [1.29, 1.82) is 0 Å². The summed E-state index contributed by atoms with van der Waals surface area (Å²) in [6.07, 6.45) is 0. The lowest BCUT2D eigenvalue weighted by atomic mass is 10.1. The molecule has 1 aromatic heterocycles. The number of hydrogen-bond donors (Lipinski definition) is 2. The van der Waals surface area contributed by atoms with Gasteiger partial charge in [-0.25, -0.2) is 0 Å². The predicted octanol–water partition coefficient (Wildman–Crippen LogP) is 2.35. The topological polar surface area (TPSA) is 114 Å². The highest BCUT2D eigenvalue weighted by Gasteiger charge is 2.16. The second-order valence-electron chi connectivity index (χ2n) is 4.64. The molecular formula is C15H10O7S. The molecule has 118 valence electrons. The Hall–Kier alpha value is -2.84. The van der Waals surface area contributed by atoms with Crippen LogP contribution in [0.2, 0.25) is 0 Å². The molecule has 0 amide bonds. The van der Waals surface area contributed by atoms with Crippen molar-refractivity contribution in [2.24, 2.45) is 0 Å². The average Bonchev–Trinajstić information content (AvgIpc) is 2.50. The van der Waals surface area contributed by atoms with Gasteiger partial charge in [0.1, 0.15) is 11.3 Å². The Labute approximate surface area is 130 Å². The van der Waals surface area contributed by atoms with Crippen LogP contribution in [0.4, 0.5) is 0 Å². The Balaban J connectivity index is 2.24. The second-order valence-corrected chi connectivity index (χ2v) is 5.67. The van der Waals surface area contributed by atoms with E-state index in [-0.39, 0.29) is 22.5 Å². The molecule has 0 fully saturated rings. The highest BCUT2D eigenvalue weighted by Crippen LogP contribution is 2.31. The molecule has 0 unspecified atom stereocenters. The normalized spacial score (nSPS) is 11.5. The molecular weight excluding hydrogens is 324 g/mol. The minimum Gasteiger partial charge on any atom is -0.502 e. The SMILES string of the molecule is O=c1c(O)c(-c2ccccc2)oc2cc(OS(=O)(=O)O)ccc12. The van der Waals surface area contributed by atoms with Crippen LogP contribution in [0.25, 0.3) is 22.3 Å². The lowest BCUT2D eigenvalue weighted by Crippen LogP contribution is -2.07. The quantitative estimate of drug-likeness (QED) is 0.707. The molecule has 0 atom stereocenters. The molecule has 0 aliphatic heterocycles. The van der Waals surface area contributed by atoms with Crippen LogP contribution in [0.5, 0.6) is 11.5 Å². The van der Waals surface area contributed by atoms with Crippen molar-refractivity contribution in [3.05, 3.63) is 58.8 Å². The maximum Gasteiger partial charge on any atom is 0.446 e. The van der Waals surface area contributed by atoms with Crippen LogP contribution in [0.15, 0.2) is 57.7 Å². The highest BCUT2D eigenvalue weighted by atomic mass is 32.3. The van der Waals surface area contributed by atoms with E-state index < -0.39 is 21.6 Å². The summed E-state index contributed by atoms with van der Waals surface area (Å²) in [7, 11) is -4.70. The molecule has 3 aromatic rings. The van der Waals surface area contributed by atoms with Gasteiger partial charge in [0, 0.05) is 11.6 Å². The van der Waals surface area contributed by atoms with Crippen molar-refractivity contribution >= 4 is 21.4 Å². The first kappa shape index (κ1) is 15.1. The predicted molar refractivity (Wildman–Crippen MR) is 81.8 cm³/mol. The lowest BCUT2D eigenvalue weighted by Gasteiger charge is -2.07. The van der Waals surface area contributed by atoms with Crippen molar-refractivity contribution in [2.45, 2.75) is 0 Å². The van der Waals surface area contributed by atoms with Crippen LogP contribution in [-0.4, -0.2) is 18.1 Å². The zero-order valence-corrected chi connectivity index (χ0v) is 12.3. The summed E-state index contributed by atoms with van der Waals surface area (Å²) in [4.78, 5) is 12.2. The molecule has 0 radical (unpaired) electrons. The Morgan fingerprint density at radius 2 is 1.74 bits per heavy atom. The van der Waals surface area contributed by atoms with E-state index in [0.29, 0.717) is 5.56 Å². The molecule has 1 heterocycles. The molecule has 0 aliphatic rings. The maximum absolute atomic E-state index is 12.2. The average molecular weight is 334 g/mol. The third kappa shape index (κ3) is 3.03. The minimum absolute atomic E-state index is 0.00723. The van der Waals surface area contributed by atoms with Crippen LogP contribution in [-0.2, 0) is 10.4 Å².